The van der Waals surface area contributed by atoms with E-state index in [0.717, 1.165) is 31.2 Å². The third kappa shape index (κ3) is 6.58. The molecule has 106 valence electrons. The predicted octanol–water partition coefficient (Wildman–Crippen LogP) is 3.16. The average molecular weight is 272 g/mol. The van der Waals surface area contributed by atoms with Gasteiger partial charge in [-0.2, -0.15) is 0 Å². The first-order valence-corrected chi connectivity index (χ1v) is 6.52. The highest BCUT2D eigenvalue weighted by molar-refractivity contribution is 5.73. The van der Waals surface area contributed by atoms with E-state index in [9.17, 15) is 0 Å². The molecule has 1 aromatic rings. The molecule has 1 N–H and O–H groups in total. The Labute approximate surface area is 119 Å². The Bertz CT molecular complexity index is 489. The van der Waals surface area contributed by atoms with Crippen LogP contribution in [0, 0.1) is 0 Å². The number of aromatic nitrogens is 2. The molecular weight excluding hydrogens is 252 g/mol. The zero-order valence-corrected chi connectivity index (χ0v) is 11.7. The monoisotopic (exact) mass is 272 g/mol. The van der Waals surface area contributed by atoms with Gasteiger partial charge in [-0.1, -0.05) is 16.8 Å². The molecule has 0 saturated heterocycles. The van der Waals surface area contributed by atoms with E-state index < -0.39 is 0 Å². The summed E-state index contributed by atoms with van der Waals surface area (Å²) < 4.78 is 0. The maximum absolute atomic E-state index is 8.36. The first-order chi connectivity index (χ1) is 9.76. The second-order valence-electron chi connectivity index (χ2n) is 4.44. The van der Waals surface area contributed by atoms with Crippen molar-refractivity contribution in [2.75, 3.05) is 0 Å². The smallest absolute Gasteiger partial charge is 0.173 e. The minimum absolute atomic E-state index is 0.414. The Balaban J connectivity index is 2.28. The van der Waals surface area contributed by atoms with Gasteiger partial charge in [0.1, 0.15) is 6.21 Å². The Morgan fingerprint density at radius 3 is 2.75 bits per heavy atom. The molecule has 0 aromatic carbocycles. The molecule has 0 saturated carbocycles. The van der Waals surface area contributed by atoms with Crippen molar-refractivity contribution >= 4 is 12.9 Å². The van der Waals surface area contributed by atoms with Gasteiger partial charge in [-0.15, -0.1) is 0 Å². The van der Waals surface area contributed by atoms with E-state index in [0.29, 0.717) is 5.82 Å². The molecule has 1 heterocycles. The molecule has 0 radical (unpaired) electrons. The summed E-state index contributed by atoms with van der Waals surface area (Å²) in [6.07, 6.45) is 14.6. The van der Waals surface area contributed by atoms with E-state index in [2.05, 4.69) is 39.8 Å². The van der Waals surface area contributed by atoms with Gasteiger partial charge in [-0.05, 0) is 51.0 Å². The number of unbranched alkanes of at least 4 members (excludes halogenated alkanes) is 1. The Hall–Kier alpha value is -2.30. The second-order valence-corrected chi connectivity index (χ2v) is 4.44. The van der Waals surface area contributed by atoms with E-state index in [-0.39, 0.29) is 0 Å². The SMILES string of the molecule is C=N/C=C\C=C(/C)CCCCc1cnc(/C=N/O)nc1. The number of nitrogens with zero attached hydrogens (tertiary/aromatic N) is 4. The second kappa shape index (κ2) is 9.61. The maximum atomic E-state index is 8.36. The molecule has 0 aliphatic carbocycles. The van der Waals surface area contributed by atoms with Crippen molar-refractivity contribution in [1.29, 1.82) is 0 Å². The molecule has 0 amide bonds. The lowest BCUT2D eigenvalue weighted by molar-refractivity contribution is 0.321. The van der Waals surface area contributed by atoms with Gasteiger partial charge in [-0.3, -0.25) is 4.99 Å². The van der Waals surface area contributed by atoms with Crippen molar-refractivity contribution in [3.63, 3.8) is 0 Å². The quantitative estimate of drug-likeness (QED) is 0.260. The molecular formula is C15H20N4O. The highest BCUT2D eigenvalue weighted by atomic mass is 16.4. The van der Waals surface area contributed by atoms with Crippen LogP contribution in [-0.2, 0) is 6.42 Å². The van der Waals surface area contributed by atoms with Gasteiger partial charge < -0.3 is 5.21 Å². The standard InChI is InChI=1S/C15H20N4O/c1-13(7-5-9-16-2)6-3-4-8-14-10-17-15(12-19-20)18-11-14/h5,7,9-12,20H,2-4,6,8H2,1H3/b9-5-,13-7+,19-12+. The number of oxime groups is 1. The summed E-state index contributed by atoms with van der Waals surface area (Å²) in [5, 5.41) is 11.3. The van der Waals surface area contributed by atoms with Crippen LogP contribution in [0.4, 0.5) is 0 Å². The van der Waals surface area contributed by atoms with Gasteiger partial charge in [0.2, 0.25) is 0 Å². The van der Waals surface area contributed by atoms with Crippen molar-refractivity contribution < 1.29 is 5.21 Å². The lowest BCUT2D eigenvalue weighted by Gasteiger charge is -2.02. The summed E-state index contributed by atoms with van der Waals surface area (Å²) in [5.41, 5.74) is 2.42. The fourth-order valence-electron chi connectivity index (χ4n) is 1.70. The van der Waals surface area contributed by atoms with Crippen LogP contribution in [0.1, 0.15) is 37.6 Å². The zero-order chi connectivity index (χ0) is 14.6. The molecule has 0 unspecified atom stereocenters. The lowest BCUT2D eigenvalue weighted by atomic mass is 10.1. The minimum Gasteiger partial charge on any atom is -0.411 e. The van der Waals surface area contributed by atoms with E-state index in [1.165, 1.54) is 11.8 Å². The highest BCUT2D eigenvalue weighted by Crippen LogP contribution is 2.10. The van der Waals surface area contributed by atoms with Crippen LogP contribution in [0.3, 0.4) is 0 Å². The number of aliphatic imine (C=N–C) groups is 1. The summed E-state index contributed by atoms with van der Waals surface area (Å²) in [4.78, 5) is 11.8. The van der Waals surface area contributed by atoms with Crippen LogP contribution in [0.2, 0.25) is 0 Å². The van der Waals surface area contributed by atoms with Gasteiger partial charge >= 0.3 is 0 Å². The first-order valence-electron chi connectivity index (χ1n) is 6.52. The van der Waals surface area contributed by atoms with Crippen LogP contribution in [0.15, 0.2) is 46.5 Å². The molecule has 5 heteroatoms. The number of allylic oxidation sites excluding steroid dienone is 3. The summed E-state index contributed by atoms with van der Waals surface area (Å²) in [7, 11) is 0. The maximum Gasteiger partial charge on any atom is 0.173 e. The van der Waals surface area contributed by atoms with E-state index in [1.54, 1.807) is 18.6 Å². The molecule has 0 spiro atoms. The molecule has 0 aliphatic rings. The zero-order valence-electron chi connectivity index (χ0n) is 11.7. The molecule has 0 aliphatic heterocycles. The van der Waals surface area contributed by atoms with Gasteiger partial charge in [-0.25, -0.2) is 9.97 Å². The fraction of sp³-hybridized carbons (Fsp3) is 0.333. The summed E-state index contributed by atoms with van der Waals surface area (Å²) >= 11 is 0. The fourth-order valence-corrected chi connectivity index (χ4v) is 1.70. The van der Waals surface area contributed by atoms with Gasteiger partial charge in [0.15, 0.2) is 5.82 Å². The largest absolute Gasteiger partial charge is 0.411 e. The number of aryl methyl sites for hydroxylation is 1. The number of hydrogen-bond acceptors (Lipinski definition) is 5. The van der Waals surface area contributed by atoms with Crippen molar-refractivity contribution in [1.82, 2.24) is 9.97 Å². The third-order valence-electron chi connectivity index (χ3n) is 2.76. The van der Waals surface area contributed by atoms with Crippen molar-refractivity contribution in [2.24, 2.45) is 10.1 Å². The molecule has 5 nitrogen and oxygen atoms in total. The van der Waals surface area contributed by atoms with E-state index in [1.807, 2.05) is 6.08 Å². The Morgan fingerprint density at radius 2 is 2.10 bits per heavy atom. The molecule has 1 aromatic heterocycles. The molecule has 1 rings (SSSR count). The Kier molecular flexibility index (Phi) is 7.57. The predicted molar refractivity (Wildman–Crippen MR) is 81.4 cm³/mol. The summed E-state index contributed by atoms with van der Waals surface area (Å²) in [5.74, 6) is 0.414. The van der Waals surface area contributed by atoms with Gasteiger partial charge in [0.25, 0.3) is 0 Å². The van der Waals surface area contributed by atoms with Crippen LogP contribution in [0.25, 0.3) is 0 Å². The van der Waals surface area contributed by atoms with E-state index >= 15 is 0 Å². The van der Waals surface area contributed by atoms with Crippen LogP contribution >= 0.6 is 0 Å². The van der Waals surface area contributed by atoms with Gasteiger partial charge in [0, 0.05) is 18.6 Å². The molecule has 0 atom stereocenters. The number of rotatable bonds is 8. The highest BCUT2D eigenvalue weighted by Gasteiger charge is 1.97. The first kappa shape index (κ1) is 15.8. The minimum atomic E-state index is 0.414. The Morgan fingerprint density at radius 1 is 1.35 bits per heavy atom. The lowest BCUT2D eigenvalue weighted by Crippen LogP contribution is -1.95. The van der Waals surface area contributed by atoms with Crippen molar-refractivity contribution in [2.45, 2.75) is 32.6 Å². The molecule has 0 fully saturated rings. The van der Waals surface area contributed by atoms with Crippen molar-refractivity contribution in [3.05, 3.63) is 47.7 Å². The summed E-state index contributed by atoms with van der Waals surface area (Å²) in [6, 6.07) is 0. The topological polar surface area (TPSA) is 70.7 Å². The van der Waals surface area contributed by atoms with E-state index in [4.69, 9.17) is 5.21 Å². The number of hydrogen-bond donors (Lipinski definition) is 1. The molecule has 20 heavy (non-hydrogen) atoms. The van der Waals surface area contributed by atoms with Gasteiger partial charge in [0.05, 0.1) is 0 Å². The summed E-state index contributed by atoms with van der Waals surface area (Å²) in [6.45, 7) is 5.50. The van der Waals surface area contributed by atoms with Crippen LogP contribution < -0.4 is 0 Å². The van der Waals surface area contributed by atoms with Crippen molar-refractivity contribution in [3.8, 4) is 0 Å². The molecule has 0 bridgehead atoms. The van der Waals surface area contributed by atoms with Crippen LogP contribution in [-0.4, -0.2) is 28.1 Å². The normalized spacial score (nSPS) is 12.3. The van der Waals surface area contributed by atoms with Crippen LogP contribution in [0.5, 0.6) is 0 Å². The third-order valence-corrected chi connectivity index (χ3v) is 2.76. The average Bonchev–Trinajstić information content (AvgIpc) is 2.46.